The van der Waals surface area contributed by atoms with Crippen molar-refractivity contribution in [1.82, 2.24) is 0 Å². The van der Waals surface area contributed by atoms with E-state index in [-0.39, 0.29) is 37.1 Å². The number of carboxylic acid groups (broad SMARTS) is 1. The van der Waals surface area contributed by atoms with E-state index in [1.54, 1.807) is 0 Å². The van der Waals surface area contributed by atoms with Crippen molar-refractivity contribution < 1.29 is 24.5 Å². The predicted octanol–water partition coefficient (Wildman–Crippen LogP) is 4.87. The average molecular weight is 495 g/mol. The van der Waals surface area contributed by atoms with E-state index < -0.39 is 12.1 Å². The molecule has 0 aromatic carbocycles. The van der Waals surface area contributed by atoms with Crippen LogP contribution in [0.2, 0.25) is 6.32 Å². The zero-order valence-electron chi connectivity index (χ0n) is 17.2. The summed E-state index contributed by atoms with van der Waals surface area (Å²) in [7, 11) is 5.89. The smallest absolute Gasteiger partial charge is 0.303 e. The van der Waals surface area contributed by atoms with Gasteiger partial charge in [-0.1, -0.05) is 30.1 Å². The lowest BCUT2D eigenvalue weighted by Crippen LogP contribution is -2.14. The normalized spacial score (nSPS) is 22.8. The fourth-order valence-electron chi connectivity index (χ4n) is 3.64. The molecule has 2 radical (unpaired) electrons. The molecule has 1 heterocycles. The standard InChI is InChI=1S/C22H28BBrO5S/c1-14-19(24)11-22(30-14)29-13-16(25)8-9-17-15(12-23)10-20(26)18(17)6-4-2-3-5-7-21(27)28/h2,4,9,11,15,18,20,26H,3,5-8,10,12-13H2,1H3,(H,27,28)/t15-,18+,20?/m0/s1. The summed E-state index contributed by atoms with van der Waals surface area (Å²) in [4.78, 5) is 24.0. The number of rotatable bonds is 12. The highest BCUT2D eigenvalue weighted by atomic mass is 79.9. The minimum absolute atomic E-state index is 0.0141. The van der Waals surface area contributed by atoms with E-state index in [4.69, 9.17) is 17.7 Å². The molecule has 0 aliphatic heterocycles. The molecule has 1 aliphatic carbocycles. The molecule has 0 bridgehead atoms. The Bertz CT molecular complexity index is 769. The number of aliphatic carboxylic acids is 1. The first kappa shape index (κ1) is 24.9. The Morgan fingerprint density at radius 1 is 1.40 bits per heavy atom. The quantitative estimate of drug-likeness (QED) is 0.246. The van der Waals surface area contributed by atoms with Crippen LogP contribution in [0.25, 0.3) is 0 Å². The summed E-state index contributed by atoms with van der Waals surface area (Å²) < 4.78 is 6.56. The third-order valence-electron chi connectivity index (χ3n) is 5.27. The van der Waals surface area contributed by atoms with Crippen LogP contribution >= 0.6 is 27.3 Å². The molecule has 1 aliphatic rings. The number of hydrogen-bond donors (Lipinski definition) is 2. The van der Waals surface area contributed by atoms with Crippen LogP contribution in [-0.4, -0.2) is 42.5 Å². The molecule has 8 heteroatoms. The number of ketones is 1. The molecule has 1 saturated carbocycles. The number of carboxylic acids is 1. The van der Waals surface area contributed by atoms with E-state index in [1.807, 2.05) is 31.2 Å². The molecule has 0 amide bonds. The molecule has 162 valence electrons. The summed E-state index contributed by atoms with van der Waals surface area (Å²) in [5, 5.41) is 19.8. The number of allylic oxidation sites excluding steroid dienone is 3. The molecular weight excluding hydrogens is 467 g/mol. The van der Waals surface area contributed by atoms with Gasteiger partial charge in [-0.05, 0) is 54.5 Å². The minimum atomic E-state index is -0.791. The van der Waals surface area contributed by atoms with E-state index in [2.05, 4.69) is 15.9 Å². The number of aliphatic hydroxyl groups excluding tert-OH is 1. The largest absolute Gasteiger partial charge is 0.481 e. The van der Waals surface area contributed by atoms with Gasteiger partial charge in [-0.2, -0.15) is 0 Å². The number of aliphatic hydroxyl groups is 1. The summed E-state index contributed by atoms with van der Waals surface area (Å²) in [6.07, 6.45) is 8.79. The molecule has 1 aromatic rings. The van der Waals surface area contributed by atoms with Crippen molar-refractivity contribution in [3.8, 4) is 5.06 Å². The van der Waals surface area contributed by atoms with Crippen molar-refractivity contribution in [1.29, 1.82) is 0 Å². The van der Waals surface area contributed by atoms with Gasteiger partial charge in [-0.25, -0.2) is 0 Å². The van der Waals surface area contributed by atoms with Crippen molar-refractivity contribution in [2.24, 2.45) is 11.8 Å². The molecule has 1 unspecified atom stereocenters. The van der Waals surface area contributed by atoms with Gasteiger partial charge in [0, 0.05) is 34.2 Å². The zero-order chi connectivity index (χ0) is 22.1. The lowest BCUT2D eigenvalue weighted by Gasteiger charge is -2.16. The molecular formula is C22H28BBrO5S. The van der Waals surface area contributed by atoms with E-state index in [0.717, 1.165) is 14.9 Å². The first-order chi connectivity index (χ1) is 14.3. The van der Waals surface area contributed by atoms with Crippen molar-refractivity contribution in [3.05, 3.63) is 39.2 Å². The topological polar surface area (TPSA) is 83.8 Å². The predicted molar refractivity (Wildman–Crippen MR) is 123 cm³/mol. The van der Waals surface area contributed by atoms with Crippen molar-refractivity contribution in [2.75, 3.05) is 6.61 Å². The van der Waals surface area contributed by atoms with Gasteiger partial charge < -0.3 is 14.9 Å². The highest BCUT2D eigenvalue weighted by molar-refractivity contribution is 9.10. The monoisotopic (exact) mass is 494 g/mol. The number of halogens is 1. The van der Waals surface area contributed by atoms with E-state index in [1.165, 1.54) is 11.3 Å². The maximum absolute atomic E-state index is 12.3. The van der Waals surface area contributed by atoms with Gasteiger partial charge in [-0.15, -0.1) is 11.3 Å². The fourth-order valence-corrected chi connectivity index (χ4v) is 4.99. The van der Waals surface area contributed by atoms with Crippen LogP contribution in [0.3, 0.4) is 0 Å². The second kappa shape index (κ2) is 12.5. The first-order valence-corrected chi connectivity index (χ1v) is 11.8. The molecule has 1 fully saturated rings. The number of carbonyl (C=O) groups excluding carboxylic acids is 1. The number of hydrogen-bond acceptors (Lipinski definition) is 5. The summed E-state index contributed by atoms with van der Waals surface area (Å²) >= 11 is 4.93. The Morgan fingerprint density at radius 3 is 2.80 bits per heavy atom. The molecule has 2 rings (SSSR count). The lowest BCUT2D eigenvalue weighted by molar-refractivity contribution is -0.137. The number of unbranched alkanes of at least 4 members (excludes halogenated alkanes) is 1. The Kier molecular flexibility index (Phi) is 10.3. The van der Waals surface area contributed by atoms with Crippen LogP contribution in [0.5, 0.6) is 5.06 Å². The number of ether oxygens (including phenoxy) is 1. The molecule has 2 N–H and O–H groups in total. The van der Waals surface area contributed by atoms with E-state index in [0.29, 0.717) is 37.1 Å². The number of carbonyl (C=O) groups is 2. The third-order valence-corrected chi connectivity index (χ3v) is 7.32. The Morgan fingerprint density at radius 2 is 2.17 bits per heavy atom. The Hall–Kier alpha value is -1.38. The minimum Gasteiger partial charge on any atom is -0.481 e. The van der Waals surface area contributed by atoms with Crippen molar-refractivity contribution >= 4 is 46.9 Å². The van der Waals surface area contributed by atoms with Gasteiger partial charge >= 0.3 is 5.97 Å². The maximum atomic E-state index is 12.3. The molecule has 0 spiro atoms. The number of thiophene rings is 1. The fraction of sp³-hybridized carbons (Fsp3) is 0.545. The van der Waals surface area contributed by atoms with Crippen molar-refractivity contribution in [3.63, 3.8) is 0 Å². The van der Waals surface area contributed by atoms with Crippen LogP contribution in [0.4, 0.5) is 0 Å². The highest BCUT2D eigenvalue weighted by Crippen LogP contribution is 2.41. The van der Waals surface area contributed by atoms with Crippen LogP contribution in [-0.2, 0) is 9.59 Å². The molecule has 0 saturated heterocycles. The lowest BCUT2D eigenvalue weighted by atomic mass is 9.84. The molecule has 1 aromatic heterocycles. The van der Waals surface area contributed by atoms with Crippen LogP contribution < -0.4 is 4.74 Å². The summed E-state index contributed by atoms with van der Waals surface area (Å²) in [6, 6.07) is 1.86. The molecule has 30 heavy (non-hydrogen) atoms. The van der Waals surface area contributed by atoms with Gasteiger partial charge in [0.2, 0.25) is 0 Å². The van der Waals surface area contributed by atoms with Gasteiger partial charge in [-0.3, -0.25) is 9.59 Å². The Balaban J connectivity index is 1.89. The second-order valence-electron chi connectivity index (χ2n) is 7.54. The molecule has 3 atom stereocenters. The van der Waals surface area contributed by atoms with Crippen LogP contribution in [0.1, 0.15) is 43.4 Å². The summed E-state index contributed by atoms with van der Waals surface area (Å²) in [5.74, 6) is -0.792. The van der Waals surface area contributed by atoms with Crippen molar-refractivity contribution in [2.45, 2.75) is 57.9 Å². The van der Waals surface area contributed by atoms with Gasteiger partial charge in [0.05, 0.1) is 14.0 Å². The first-order valence-electron chi connectivity index (χ1n) is 10.2. The average Bonchev–Trinajstić information content (AvgIpc) is 3.19. The zero-order valence-corrected chi connectivity index (χ0v) is 19.6. The van der Waals surface area contributed by atoms with E-state index >= 15 is 0 Å². The van der Waals surface area contributed by atoms with Crippen LogP contribution in [0.15, 0.2) is 34.3 Å². The van der Waals surface area contributed by atoms with Crippen LogP contribution in [0, 0.1) is 18.8 Å². The summed E-state index contributed by atoms with van der Waals surface area (Å²) in [6.45, 7) is 1.99. The third kappa shape index (κ3) is 7.71. The van der Waals surface area contributed by atoms with Gasteiger partial charge in [0.25, 0.3) is 0 Å². The highest BCUT2D eigenvalue weighted by Gasteiger charge is 2.35. The number of aryl methyl sites for hydroxylation is 1. The second-order valence-corrected chi connectivity index (χ2v) is 9.61. The van der Waals surface area contributed by atoms with Gasteiger partial charge in [0.15, 0.2) is 10.8 Å². The maximum Gasteiger partial charge on any atom is 0.303 e. The Labute approximate surface area is 191 Å². The number of Topliss-reactive ketones (excluding diaryl/α,β-unsaturated/α-hetero) is 1. The van der Waals surface area contributed by atoms with E-state index in [9.17, 15) is 14.7 Å². The SMILES string of the molecule is [B]C[C@@H]1CC(O)[C@H](CC=CCCCC(=O)O)C1=CCC(=O)COc1cc(Br)c(C)s1. The molecule has 5 nitrogen and oxygen atoms in total. The van der Waals surface area contributed by atoms with Gasteiger partial charge in [0.1, 0.15) is 6.61 Å². The summed E-state index contributed by atoms with van der Waals surface area (Å²) in [5.41, 5.74) is 1.04.